The molecule has 1 atom stereocenters. The number of aromatic nitrogens is 2. The van der Waals surface area contributed by atoms with Crippen molar-refractivity contribution in [3.63, 3.8) is 0 Å². The lowest BCUT2D eigenvalue weighted by Gasteiger charge is -2.14. The molecule has 0 amide bonds. The second-order valence-electron chi connectivity index (χ2n) is 7.20. The Hall–Kier alpha value is -2.35. The summed E-state index contributed by atoms with van der Waals surface area (Å²) in [7, 11) is 0. The molecule has 3 aromatic rings. The van der Waals surface area contributed by atoms with Crippen LogP contribution in [0.3, 0.4) is 0 Å². The van der Waals surface area contributed by atoms with Gasteiger partial charge in [0.15, 0.2) is 0 Å². The molecular weight excluding hydrogens is 304 g/mol. The third-order valence-electron chi connectivity index (χ3n) is 5.27. The number of hydrogen-bond donors (Lipinski definition) is 0. The van der Waals surface area contributed by atoms with Gasteiger partial charge >= 0.3 is 0 Å². The Bertz CT molecular complexity index is 858. The Kier molecular flexibility index (Phi) is 4.44. The van der Waals surface area contributed by atoms with Gasteiger partial charge in [-0.15, -0.1) is 0 Å². The lowest BCUT2D eigenvalue weighted by atomic mass is 9.96. The number of fused-ring (bicyclic) bond motifs is 3. The second-order valence-corrected chi connectivity index (χ2v) is 7.20. The summed E-state index contributed by atoms with van der Waals surface area (Å²) in [6.45, 7) is 4.34. The van der Waals surface area contributed by atoms with Crippen LogP contribution in [-0.4, -0.2) is 9.78 Å². The summed E-state index contributed by atoms with van der Waals surface area (Å²) in [5.74, 6) is 0. The van der Waals surface area contributed by atoms with E-state index in [1.54, 1.807) is 0 Å². The van der Waals surface area contributed by atoms with E-state index in [9.17, 15) is 0 Å². The third kappa shape index (κ3) is 3.13. The fourth-order valence-corrected chi connectivity index (χ4v) is 3.95. The van der Waals surface area contributed by atoms with Crippen LogP contribution in [0.15, 0.2) is 54.6 Å². The topological polar surface area (TPSA) is 17.8 Å². The summed E-state index contributed by atoms with van der Waals surface area (Å²) in [6.07, 6.45) is 6.10. The average Bonchev–Trinajstić information content (AvgIpc) is 3.14. The molecule has 128 valence electrons. The largest absolute Gasteiger partial charge is 0.257 e. The molecule has 1 aliphatic rings. The van der Waals surface area contributed by atoms with Crippen molar-refractivity contribution in [2.45, 2.75) is 52.0 Å². The first-order valence-corrected chi connectivity index (χ1v) is 9.49. The highest BCUT2D eigenvalue weighted by atomic mass is 15.3. The van der Waals surface area contributed by atoms with E-state index in [1.807, 2.05) is 0 Å². The van der Waals surface area contributed by atoms with Crippen molar-refractivity contribution in [2.24, 2.45) is 0 Å². The first kappa shape index (κ1) is 16.1. The maximum Gasteiger partial charge on any atom is 0.0822 e. The molecule has 2 nitrogen and oxygen atoms in total. The predicted octanol–water partition coefficient (Wildman–Crippen LogP) is 5.74. The van der Waals surface area contributed by atoms with Gasteiger partial charge in [0.05, 0.1) is 17.4 Å². The summed E-state index contributed by atoms with van der Waals surface area (Å²) >= 11 is 0. The van der Waals surface area contributed by atoms with Crippen molar-refractivity contribution in [3.8, 4) is 11.3 Å². The van der Waals surface area contributed by atoms with E-state index in [4.69, 9.17) is 5.10 Å². The molecular formula is C23H26N2. The fraction of sp³-hybridized carbons (Fsp3) is 0.348. The zero-order chi connectivity index (χ0) is 17.2. The molecule has 1 aromatic heterocycles. The SMILES string of the molecule is CCCCCc1ccc(CC2c3ccccc3-c3cc(C)nn32)cc1. The van der Waals surface area contributed by atoms with E-state index >= 15 is 0 Å². The molecule has 2 heteroatoms. The van der Waals surface area contributed by atoms with Gasteiger partial charge < -0.3 is 0 Å². The Morgan fingerprint density at radius 2 is 1.72 bits per heavy atom. The van der Waals surface area contributed by atoms with Crippen LogP contribution in [0.2, 0.25) is 0 Å². The minimum atomic E-state index is 0.311. The highest BCUT2D eigenvalue weighted by Crippen LogP contribution is 2.40. The maximum absolute atomic E-state index is 4.77. The van der Waals surface area contributed by atoms with Crippen LogP contribution in [0.1, 0.15) is 54.6 Å². The lowest BCUT2D eigenvalue weighted by Crippen LogP contribution is -2.11. The number of rotatable bonds is 6. The monoisotopic (exact) mass is 330 g/mol. The predicted molar refractivity (Wildman–Crippen MR) is 104 cm³/mol. The molecule has 2 heterocycles. The Balaban J connectivity index is 1.56. The minimum absolute atomic E-state index is 0.311. The summed E-state index contributed by atoms with van der Waals surface area (Å²) in [6, 6.07) is 20.5. The van der Waals surface area contributed by atoms with Gasteiger partial charge in [0, 0.05) is 5.56 Å². The molecule has 0 bridgehead atoms. The molecule has 0 radical (unpaired) electrons. The molecule has 25 heavy (non-hydrogen) atoms. The Morgan fingerprint density at radius 1 is 0.960 bits per heavy atom. The van der Waals surface area contributed by atoms with Crippen LogP contribution in [-0.2, 0) is 12.8 Å². The van der Waals surface area contributed by atoms with Gasteiger partial charge in [-0.2, -0.15) is 5.10 Å². The first-order chi connectivity index (χ1) is 12.3. The zero-order valence-corrected chi connectivity index (χ0v) is 15.2. The molecule has 0 fully saturated rings. The molecule has 1 unspecified atom stereocenters. The van der Waals surface area contributed by atoms with Gasteiger partial charge in [0.1, 0.15) is 0 Å². The maximum atomic E-state index is 4.77. The van der Waals surface area contributed by atoms with E-state index in [2.05, 4.69) is 73.1 Å². The normalized spacial score (nSPS) is 15.2. The smallest absolute Gasteiger partial charge is 0.0822 e. The van der Waals surface area contributed by atoms with E-state index in [0.717, 1.165) is 12.1 Å². The molecule has 0 N–H and O–H groups in total. The van der Waals surface area contributed by atoms with E-state index < -0.39 is 0 Å². The van der Waals surface area contributed by atoms with Crippen molar-refractivity contribution in [3.05, 3.63) is 77.0 Å². The van der Waals surface area contributed by atoms with Crippen molar-refractivity contribution in [1.29, 1.82) is 0 Å². The highest BCUT2D eigenvalue weighted by Gasteiger charge is 2.29. The zero-order valence-electron chi connectivity index (χ0n) is 15.2. The molecule has 2 aromatic carbocycles. The van der Waals surface area contributed by atoms with Crippen LogP contribution in [0, 0.1) is 6.92 Å². The van der Waals surface area contributed by atoms with Gasteiger partial charge in [0.2, 0.25) is 0 Å². The fourth-order valence-electron chi connectivity index (χ4n) is 3.95. The number of benzene rings is 2. The number of nitrogens with zero attached hydrogens (tertiary/aromatic N) is 2. The summed E-state index contributed by atoms with van der Waals surface area (Å²) < 4.78 is 2.22. The summed E-state index contributed by atoms with van der Waals surface area (Å²) in [5, 5.41) is 4.77. The molecule has 1 aliphatic heterocycles. The van der Waals surface area contributed by atoms with E-state index in [-0.39, 0.29) is 0 Å². The third-order valence-corrected chi connectivity index (χ3v) is 5.27. The summed E-state index contributed by atoms with van der Waals surface area (Å²) in [4.78, 5) is 0. The molecule has 0 saturated carbocycles. The van der Waals surface area contributed by atoms with Gasteiger partial charge in [-0.3, -0.25) is 4.68 Å². The standard InChI is InChI=1S/C23H26N2/c1-3-4-5-8-18-11-13-19(14-12-18)16-23-21-10-7-6-9-20(21)22-15-17(2)24-25(22)23/h6-7,9-15,23H,3-5,8,16H2,1-2H3. The molecule has 4 rings (SSSR count). The molecule has 0 spiro atoms. The van der Waals surface area contributed by atoms with Crippen LogP contribution < -0.4 is 0 Å². The lowest BCUT2D eigenvalue weighted by molar-refractivity contribution is 0.542. The minimum Gasteiger partial charge on any atom is -0.257 e. The molecule has 0 saturated heterocycles. The van der Waals surface area contributed by atoms with Gasteiger partial charge in [-0.25, -0.2) is 0 Å². The number of aryl methyl sites for hydroxylation is 2. The number of unbranched alkanes of at least 4 members (excludes halogenated alkanes) is 2. The van der Waals surface area contributed by atoms with Gasteiger partial charge in [0.25, 0.3) is 0 Å². The van der Waals surface area contributed by atoms with Crippen molar-refractivity contribution >= 4 is 0 Å². The van der Waals surface area contributed by atoms with Crippen LogP contribution in [0.5, 0.6) is 0 Å². The second kappa shape index (κ2) is 6.87. The quantitative estimate of drug-likeness (QED) is 0.527. The van der Waals surface area contributed by atoms with E-state index in [0.29, 0.717) is 6.04 Å². The van der Waals surface area contributed by atoms with Gasteiger partial charge in [-0.05, 0) is 48.9 Å². The Labute approximate surface area is 150 Å². The Morgan fingerprint density at radius 3 is 2.52 bits per heavy atom. The van der Waals surface area contributed by atoms with Gasteiger partial charge in [-0.1, -0.05) is 68.3 Å². The van der Waals surface area contributed by atoms with E-state index in [1.165, 1.54) is 53.6 Å². The van der Waals surface area contributed by atoms with Crippen LogP contribution in [0.4, 0.5) is 0 Å². The van der Waals surface area contributed by atoms with Crippen molar-refractivity contribution in [1.82, 2.24) is 9.78 Å². The molecule has 0 aliphatic carbocycles. The van der Waals surface area contributed by atoms with Crippen molar-refractivity contribution < 1.29 is 0 Å². The number of hydrogen-bond acceptors (Lipinski definition) is 1. The first-order valence-electron chi connectivity index (χ1n) is 9.49. The van der Waals surface area contributed by atoms with Crippen LogP contribution >= 0.6 is 0 Å². The summed E-state index contributed by atoms with van der Waals surface area (Å²) in [5.41, 5.74) is 7.94. The average molecular weight is 330 g/mol. The highest BCUT2D eigenvalue weighted by molar-refractivity contribution is 5.69. The van der Waals surface area contributed by atoms with Crippen molar-refractivity contribution in [2.75, 3.05) is 0 Å². The van der Waals surface area contributed by atoms with Crippen LogP contribution in [0.25, 0.3) is 11.3 Å².